The predicted molar refractivity (Wildman–Crippen MR) is 82.4 cm³/mol. The molecule has 3 heteroatoms. The molecule has 1 aromatic rings. The van der Waals surface area contributed by atoms with Crippen LogP contribution >= 0.6 is 0 Å². The van der Waals surface area contributed by atoms with Gasteiger partial charge < -0.3 is 11.1 Å². The molecule has 0 aromatic heterocycles. The van der Waals surface area contributed by atoms with Gasteiger partial charge in [0.25, 0.3) is 0 Å². The molecule has 0 saturated heterocycles. The zero-order valence-electron chi connectivity index (χ0n) is 11.6. The average molecular weight is 259 g/mol. The van der Waals surface area contributed by atoms with E-state index in [4.69, 9.17) is 5.73 Å². The summed E-state index contributed by atoms with van der Waals surface area (Å²) in [6.45, 7) is 0.832. The van der Waals surface area contributed by atoms with E-state index in [2.05, 4.69) is 10.3 Å². The summed E-state index contributed by atoms with van der Waals surface area (Å²) in [6, 6.07) is 9.93. The van der Waals surface area contributed by atoms with Gasteiger partial charge in [-0.2, -0.15) is 0 Å². The van der Waals surface area contributed by atoms with Gasteiger partial charge in [0.1, 0.15) is 0 Å². The summed E-state index contributed by atoms with van der Waals surface area (Å²) in [5.74, 6) is 1.51. The summed E-state index contributed by atoms with van der Waals surface area (Å²) in [4.78, 5) is 4.37. The fourth-order valence-corrected chi connectivity index (χ4v) is 2.75. The van der Waals surface area contributed by atoms with Gasteiger partial charge in [-0.25, -0.2) is 0 Å². The largest absolute Gasteiger partial charge is 0.370 e. The van der Waals surface area contributed by atoms with E-state index in [1.165, 1.54) is 38.5 Å². The van der Waals surface area contributed by atoms with Crippen molar-refractivity contribution in [3.8, 4) is 0 Å². The van der Waals surface area contributed by atoms with Crippen LogP contribution in [0.5, 0.6) is 0 Å². The van der Waals surface area contributed by atoms with Gasteiger partial charge >= 0.3 is 0 Å². The lowest BCUT2D eigenvalue weighted by Crippen LogP contribution is -2.22. The third-order valence-corrected chi connectivity index (χ3v) is 3.82. The van der Waals surface area contributed by atoms with Gasteiger partial charge in [0.15, 0.2) is 5.96 Å². The molecule has 2 rings (SSSR count). The van der Waals surface area contributed by atoms with E-state index in [1.54, 1.807) is 0 Å². The zero-order chi connectivity index (χ0) is 13.3. The second-order valence-corrected chi connectivity index (χ2v) is 5.40. The van der Waals surface area contributed by atoms with E-state index in [9.17, 15) is 0 Å². The molecule has 3 N–H and O–H groups in total. The molecule has 1 fully saturated rings. The summed E-state index contributed by atoms with van der Waals surface area (Å²) in [7, 11) is 0. The van der Waals surface area contributed by atoms with Crippen LogP contribution in [0.15, 0.2) is 35.3 Å². The number of para-hydroxylation sites is 1. The Morgan fingerprint density at radius 2 is 1.89 bits per heavy atom. The van der Waals surface area contributed by atoms with Gasteiger partial charge in [-0.1, -0.05) is 56.7 Å². The third-order valence-electron chi connectivity index (χ3n) is 3.82. The third kappa shape index (κ3) is 5.33. The average Bonchev–Trinajstić information content (AvgIpc) is 2.92. The summed E-state index contributed by atoms with van der Waals surface area (Å²) in [5, 5.41) is 3.10. The van der Waals surface area contributed by atoms with Crippen LogP contribution in [-0.2, 0) is 0 Å². The number of rotatable bonds is 6. The predicted octanol–water partition coefficient (Wildman–Crippen LogP) is 3.77. The number of anilines is 1. The van der Waals surface area contributed by atoms with Crippen molar-refractivity contribution in [2.75, 3.05) is 11.9 Å². The fraction of sp³-hybridized carbons (Fsp3) is 0.562. The topological polar surface area (TPSA) is 50.4 Å². The lowest BCUT2D eigenvalue weighted by atomic mass is 10.0. The minimum atomic E-state index is 0.520. The number of nitrogens with zero attached hydrogens (tertiary/aromatic N) is 1. The maximum absolute atomic E-state index is 5.85. The van der Waals surface area contributed by atoms with E-state index in [-0.39, 0.29) is 0 Å². The Kier molecular flexibility index (Phi) is 5.73. The lowest BCUT2D eigenvalue weighted by molar-refractivity contribution is 0.476. The van der Waals surface area contributed by atoms with Crippen molar-refractivity contribution >= 4 is 11.6 Å². The van der Waals surface area contributed by atoms with E-state index >= 15 is 0 Å². The Morgan fingerprint density at radius 3 is 2.63 bits per heavy atom. The highest BCUT2D eigenvalue weighted by molar-refractivity contribution is 5.92. The Bertz CT molecular complexity index is 380. The first kappa shape index (κ1) is 13.9. The minimum Gasteiger partial charge on any atom is -0.370 e. The number of hydrogen-bond acceptors (Lipinski definition) is 1. The second-order valence-electron chi connectivity index (χ2n) is 5.40. The van der Waals surface area contributed by atoms with Crippen LogP contribution in [0.25, 0.3) is 0 Å². The monoisotopic (exact) mass is 259 g/mol. The summed E-state index contributed by atoms with van der Waals surface area (Å²) in [6.07, 6.45) is 9.58. The van der Waals surface area contributed by atoms with Crippen LogP contribution in [0.4, 0.5) is 5.69 Å². The van der Waals surface area contributed by atoms with Gasteiger partial charge in [-0.3, -0.25) is 4.99 Å². The molecule has 0 amide bonds. The summed E-state index contributed by atoms with van der Waals surface area (Å²) in [5.41, 5.74) is 6.84. The number of aliphatic imine (C=N–C) groups is 1. The number of hydrogen-bond donors (Lipinski definition) is 2. The Balaban J connectivity index is 1.59. The molecule has 0 aliphatic heterocycles. The zero-order valence-corrected chi connectivity index (χ0v) is 11.6. The van der Waals surface area contributed by atoms with Gasteiger partial charge in [-0.05, 0) is 24.5 Å². The first-order valence-electron chi connectivity index (χ1n) is 7.46. The Labute approximate surface area is 116 Å². The van der Waals surface area contributed by atoms with Crippen molar-refractivity contribution in [1.82, 2.24) is 0 Å². The molecule has 0 bridgehead atoms. The highest BCUT2D eigenvalue weighted by Crippen LogP contribution is 2.28. The van der Waals surface area contributed by atoms with E-state index < -0.39 is 0 Å². The van der Waals surface area contributed by atoms with Crippen molar-refractivity contribution in [1.29, 1.82) is 0 Å². The van der Waals surface area contributed by atoms with Crippen LogP contribution < -0.4 is 11.1 Å². The molecule has 0 unspecified atom stereocenters. The van der Waals surface area contributed by atoms with Crippen LogP contribution in [0.1, 0.15) is 44.9 Å². The standard InChI is InChI=1S/C16H25N3/c17-16(19-15-11-2-1-3-12-15)18-13-7-6-10-14-8-4-5-9-14/h1-3,11-12,14H,4-10,13H2,(H3,17,18,19). The van der Waals surface area contributed by atoms with Gasteiger partial charge in [0.2, 0.25) is 0 Å². The number of guanidine groups is 1. The smallest absolute Gasteiger partial charge is 0.193 e. The molecule has 19 heavy (non-hydrogen) atoms. The first-order valence-corrected chi connectivity index (χ1v) is 7.46. The van der Waals surface area contributed by atoms with Gasteiger partial charge in [0, 0.05) is 12.2 Å². The molecule has 1 aromatic carbocycles. The number of benzene rings is 1. The van der Waals surface area contributed by atoms with Crippen molar-refractivity contribution in [3.63, 3.8) is 0 Å². The SMILES string of the molecule is NC(=NCCCCC1CCCC1)Nc1ccccc1. The summed E-state index contributed by atoms with van der Waals surface area (Å²) >= 11 is 0. The molecule has 104 valence electrons. The van der Waals surface area contributed by atoms with E-state index in [0.29, 0.717) is 5.96 Å². The number of nitrogens with two attached hydrogens (primary N) is 1. The molecule has 0 heterocycles. The molecule has 1 saturated carbocycles. The lowest BCUT2D eigenvalue weighted by Gasteiger charge is -2.07. The van der Waals surface area contributed by atoms with Gasteiger partial charge in [-0.15, -0.1) is 0 Å². The van der Waals surface area contributed by atoms with Crippen LogP contribution in [0.2, 0.25) is 0 Å². The molecule has 3 nitrogen and oxygen atoms in total. The normalized spacial score (nSPS) is 16.7. The molecular formula is C16H25N3. The van der Waals surface area contributed by atoms with Crippen molar-refractivity contribution in [2.45, 2.75) is 44.9 Å². The molecular weight excluding hydrogens is 234 g/mol. The van der Waals surface area contributed by atoms with E-state index in [0.717, 1.165) is 24.6 Å². The molecule has 1 aliphatic carbocycles. The number of nitrogens with one attached hydrogen (secondary N) is 1. The Hall–Kier alpha value is -1.51. The highest BCUT2D eigenvalue weighted by Gasteiger charge is 2.13. The quantitative estimate of drug-likeness (QED) is 0.464. The highest BCUT2D eigenvalue weighted by atomic mass is 15.1. The van der Waals surface area contributed by atoms with Crippen molar-refractivity contribution in [3.05, 3.63) is 30.3 Å². The summed E-state index contributed by atoms with van der Waals surface area (Å²) < 4.78 is 0. The van der Waals surface area contributed by atoms with Crippen LogP contribution in [0.3, 0.4) is 0 Å². The molecule has 1 aliphatic rings. The van der Waals surface area contributed by atoms with Crippen LogP contribution in [0, 0.1) is 5.92 Å². The second kappa shape index (κ2) is 7.82. The van der Waals surface area contributed by atoms with Crippen molar-refractivity contribution < 1.29 is 0 Å². The minimum absolute atomic E-state index is 0.520. The maximum atomic E-state index is 5.85. The molecule has 0 spiro atoms. The van der Waals surface area contributed by atoms with Gasteiger partial charge in [0.05, 0.1) is 0 Å². The number of unbranched alkanes of at least 4 members (excludes halogenated alkanes) is 1. The first-order chi connectivity index (χ1) is 9.34. The molecule has 0 radical (unpaired) electrons. The van der Waals surface area contributed by atoms with Crippen LogP contribution in [-0.4, -0.2) is 12.5 Å². The maximum Gasteiger partial charge on any atom is 0.193 e. The van der Waals surface area contributed by atoms with E-state index in [1.807, 2.05) is 30.3 Å². The fourth-order valence-electron chi connectivity index (χ4n) is 2.75. The molecule has 0 atom stereocenters. The van der Waals surface area contributed by atoms with Crippen molar-refractivity contribution in [2.24, 2.45) is 16.6 Å². The Morgan fingerprint density at radius 1 is 1.16 bits per heavy atom.